The van der Waals surface area contributed by atoms with Gasteiger partial charge < -0.3 is 4.90 Å². The van der Waals surface area contributed by atoms with E-state index >= 15 is 0 Å². The van der Waals surface area contributed by atoms with Gasteiger partial charge in [0, 0.05) is 43.3 Å². The molecule has 36 heavy (non-hydrogen) atoms. The van der Waals surface area contributed by atoms with Crippen molar-refractivity contribution in [2.45, 2.75) is 31.2 Å². The highest BCUT2D eigenvalue weighted by Gasteiger charge is 2.35. The van der Waals surface area contributed by atoms with Crippen LogP contribution < -0.4 is 4.90 Å². The van der Waals surface area contributed by atoms with E-state index in [-0.39, 0.29) is 42.4 Å². The van der Waals surface area contributed by atoms with E-state index in [9.17, 15) is 26.9 Å². The molecule has 0 atom stereocenters. The second kappa shape index (κ2) is 11.1. The van der Waals surface area contributed by atoms with Crippen LogP contribution in [0.25, 0.3) is 0 Å². The minimum Gasteiger partial charge on any atom is -0.367 e. The van der Waals surface area contributed by atoms with Crippen molar-refractivity contribution in [1.29, 1.82) is 0 Å². The fourth-order valence-electron chi connectivity index (χ4n) is 4.12. The molecule has 2 aromatic rings. The number of sulfonamides is 1. The number of nitrogens with zero attached hydrogens (tertiary/aromatic N) is 3. The smallest absolute Gasteiger partial charge is 0.272 e. The van der Waals surface area contributed by atoms with Crippen LogP contribution in [0.15, 0.2) is 35.2 Å². The van der Waals surface area contributed by atoms with Gasteiger partial charge in [-0.15, -0.1) is 6.42 Å². The Morgan fingerprint density at radius 3 is 2.58 bits per heavy atom. The van der Waals surface area contributed by atoms with E-state index in [1.807, 2.05) is 6.92 Å². The first kappa shape index (κ1) is 27.9. The Balaban J connectivity index is 2.14. The summed E-state index contributed by atoms with van der Waals surface area (Å²) in [4.78, 5) is 12.2. The topological polar surface area (TPSA) is 127 Å². The third kappa shape index (κ3) is 6.16. The molecular formula is C23H26ClN3O7S2. The van der Waals surface area contributed by atoms with Gasteiger partial charge in [0.2, 0.25) is 10.0 Å². The molecule has 0 unspecified atom stereocenters. The number of benzene rings is 2. The molecule has 0 aliphatic carbocycles. The Kier molecular flexibility index (Phi) is 8.63. The summed E-state index contributed by atoms with van der Waals surface area (Å²) in [5.41, 5.74) is 1.25. The number of hydrogen-bond donors (Lipinski definition) is 0. The number of fused-ring (bicyclic) bond motifs is 1. The molecule has 1 aliphatic rings. The molecular weight excluding hydrogens is 530 g/mol. The summed E-state index contributed by atoms with van der Waals surface area (Å²) in [5.74, 6) is 2.37. The highest BCUT2D eigenvalue weighted by Crippen LogP contribution is 2.37. The monoisotopic (exact) mass is 555 g/mol. The second-order valence-corrected chi connectivity index (χ2v) is 12.2. The third-order valence-corrected chi connectivity index (χ3v) is 8.49. The lowest BCUT2D eigenvalue weighted by Gasteiger charge is -2.32. The lowest BCUT2D eigenvalue weighted by atomic mass is 10.0. The first-order chi connectivity index (χ1) is 16.9. The number of nitro groups is 1. The average molecular weight is 556 g/mol. The maximum absolute atomic E-state index is 13.9. The van der Waals surface area contributed by atoms with E-state index in [0.29, 0.717) is 24.4 Å². The van der Waals surface area contributed by atoms with Gasteiger partial charge in [-0.3, -0.25) is 14.3 Å². The molecule has 0 spiro atoms. The molecule has 0 saturated heterocycles. The second-order valence-electron chi connectivity index (χ2n) is 8.22. The molecule has 0 radical (unpaired) electrons. The number of halogens is 1. The van der Waals surface area contributed by atoms with Crippen molar-refractivity contribution in [3.05, 3.63) is 62.2 Å². The van der Waals surface area contributed by atoms with Gasteiger partial charge in [-0.25, -0.2) is 8.42 Å². The van der Waals surface area contributed by atoms with Crippen molar-refractivity contribution in [3.8, 4) is 12.3 Å². The Labute approximate surface area is 216 Å². The molecule has 0 N–H and O–H groups in total. The first-order valence-corrected chi connectivity index (χ1v) is 14.7. The van der Waals surface area contributed by atoms with E-state index in [2.05, 4.69) is 5.92 Å². The first-order valence-electron chi connectivity index (χ1n) is 11.0. The Morgan fingerprint density at radius 1 is 1.25 bits per heavy atom. The minimum absolute atomic E-state index is 0.00559. The Bertz CT molecular complexity index is 1420. The van der Waals surface area contributed by atoms with Gasteiger partial charge in [-0.1, -0.05) is 36.6 Å². The number of hydrogen-bond acceptors (Lipinski definition) is 8. The van der Waals surface area contributed by atoms with Gasteiger partial charge in [0.15, 0.2) is 0 Å². The van der Waals surface area contributed by atoms with Crippen LogP contribution in [0, 0.1) is 22.5 Å². The van der Waals surface area contributed by atoms with Crippen molar-refractivity contribution < 1.29 is 25.9 Å². The maximum atomic E-state index is 13.9. The van der Waals surface area contributed by atoms with Gasteiger partial charge in [-0.05, 0) is 30.0 Å². The van der Waals surface area contributed by atoms with Gasteiger partial charge in [-0.2, -0.15) is 12.7 Å². The summed E-state index contributed by atoms with van der Waals surface area (Å²) in [6, 6.07) is 7.40. The van der Waals surface area contributed by atoms with Crippen LogP contribution in [0.5, 0.6) is 0 Å². The summed E-state index contributed by atoms with van der Waals surface area (Å²) >= 11 is 6.27. The van der Waals surface area contributed by atoms with Gasteiger partial charge >= 0.3 is 0 Å². The van der Waals surface area contributed by atoms with Crippen LogP contribution in [-0.4, -0.2) is 58.6 Å². The quantitative estimate of drug-likeness (QED) is 0.189. The van der Waals surface area contributed by atoms with Crippen LogP contribution in [0.1, 0.15) is 30.0 Å². The molecule has 13 heteroatoms. The van der Waals surface area contributed by atoms with Crippen molar-refractivity contribution >= 4 is 43.1 Å². The molecule has 0 fully saturated rings. The third-order valence-electron chi connectivity index (χ3n) is 5.69. The predicted molar refractivity (Wildman–Crippen MR) is 137 cm³/mol. The number of terminal acetylenes is 1. The molecule has 194 valence electrons. The van der Waals surface area contributed by atoms with E-state index in [0.717, 1.165) is 29.5 Å². The molecule has 1 heterocycles. The minimum atomic E-state index is -4.26. The van der Waals surface area contributed by atoms with Crippen LogP contribution in [-0.2, 0) is 37.3 Å². The molecule has 0 bridgehead atoms. The Hall–Kier alpha value is -2.69. The van der Waals surface area contributed by atoms with E-state index < -0.39 is 30.8 Å². The highest BCUT2D eigenvalue weighted by molar-refractivity contribution is 7.89. The van der Waals surface area contributed by atoms with E-state index in [1.54, 1.807) is 23.1 Å². The zero-order valence-corrected chi connectivity index (χ0v) is 22.2. The van der Waals surface area contributed by atoms with Crippen LogP contribution in [0.2, 0.25) is 5.02 Å². The molecule has 0 saturated carbocycles. The lowest BCUT2D eigenvalue weighted by Crippen LogP contribution is -2.38. The fourth-order valence-corrected chi connectivity index (χ4v) is 6.45. The molecule has 2 aromatic carbocycles. The molecule has 0 amide bonds. The summed E-state index contributed by atoms with van der Waals surface area (Å²) in [6.07, 6.45) is 7.52. The predicted octanol–water partition coefficient (Wildman–Crippen LogP) is 3.17. The highest BCUT2D eigenvalue weighted by atomic mass is 35.5. The van der Waals surface area contributed by atoms with E-state index in [1.165, 1.54) is 4.31 Å². The SMILES string of the molecule is C#Cc1cc([N+](=O)[O-])cc(S(=O)(=O)N2CCc3c(Cl)cccc3C2)c1N(CCC)CCOS(C)(=O)=O. The zero-order chi connectivity index (χ0) is 26.7. The average Bonchev–Trinajstić information content (AvgIpc) is 2.81. The summed E-state index contributed by atoms with van der Waals surface area (Å²) in [6.45, 7) is 2.06. The largest absolute Gasteiger partial charge is 0.367 e. The van der Waals surface area contributed by atoms with Crippen LogP contribution in [0.4, 0.5) is 11.4 Å². The Morgan fingerprint density at radius 2 is 1.97 bits per heavy atom. The van der Waals surface area contributed by atoms with Crippen molar-refractivity contribution in [1.82, 2.24) is 4.31 Å². The lowest BCUT2D eigenvalue weighted by molar-refractivity contribution is -0.385. The maximum Gasteiger partial charge on any atom is 0.272 e. The summed E-state index contributed by atoms with van der Waals surface area (Å²) in [5, 5.41) is 12.2. The summed E-state index contributed by atoms with van der Waals surface area (Å²) < 4.78 is 56.9. The molecule has 1 aliphatic heterocycles. The number of nitro benzene ring substituents is 1. The number of non-ortho nitro benzene ring substituents is 1. The molecule has 10 nitrogen and oxygen atoms in total. The van der Waals surface area contributed by atoms with Crippen molar-refractivity contribution in [2.75, 3.05) is 37.4 Å². The summed E-state index contributed by atoms with van der Waals surface area (Å²) in [7, 11) is -8.00. The fraction of sp³-hybridized carbons (Fsp3) is 0.391. The van der Waals surface area contributed by atoms with Crippen LogP contribution >= 0.6 is 11.6 Å². The van der Waals surface area contributed by atoms with E-state index in [4.69, 9.17) is 22.2 Å². The van der Waals surface area contributed by atoms with Crippen LogP contribution in [0.3, 0.4) is 0 Å². The van der Waals surface area contributed by atoms with Crippen molar-refractivity contribution in [3.63, 3.8) is 0 Å². The molecule has 0 aromatic heterocycles. The van der Waals surface area contributed by atoms with Crippen molar-refractivity contribution in [2.24, 2.45) is 0 Å². The number of rotatable bonds is 10. The van der Waals surface area contributed by atoms with Gasteiger partial charge in [0.25, 0.3) is 15.8 Å². The van der Waals surface area contributed by atoms with Gasteiger partial charge in [0.05, 0.1) is 29.0 Å². The molecule has 3 rings (SSSR count). The number of anilines is 1. The normalized spacial score (nSPS) is 14.2. The van der Waals surface area contributed by atoms with Gasteiger partial charge in [0.1, 0.15) is 4.90 Å². The zero-order valence-electron chi connectivity index (χ0n) is 19.8. The standard InChI is InChI=1S/C23H26ClN3O7S2/c1-4-10-25(12-13-34-35(3,30)31)23-17(5-2)14-19(27(28)29)15-22(23)36(32,33)26-11-9-20-18(16-26)7-6-8-21(20)24/h2,6-8,14-15H,4,9-13,16H2,1,3H3.